The van der Waals surface area contributed by atoms with E-state index in [1.165, 1.54) is 17.1 Å². The third-order valence-corrected chi connectivity index (χ3v) is 7.31. The Hall–Kier alpha value is -1.60. The number of hydrogen-bond acceptors (Lipinski definition) is 4. The van der Waals surface area contributed by atoms with Crippen molar-refractivity contribution in [1.29, 1.82) is 0 Å². The van der Waals surface area contributed by atoms with Crippen LogP contribution in [-0.2, 0) is 10.0 Å². The summed E-state index contributed by atoms with van der Waals surface area (Å²) in [7, 11) is -1.06. The molecule has 2 heterocycles. The highest BCUT2D eigenvalue weighted by Gasteiger charge is 2.26. The number of rotatable bonds is 5. The van der Waals surface area contributed by atoms with Crippen LogP contribution in [0.15, 0.2) is 24.3 Å². The van der Waals surface area contributed by atoms with Gasteiger partial charge in [-0.05, 0) is 82.4 Å². The number of carbonyl (C=O) groups is 1. The second-order valence-corrected chi connectivity index (χ2v) is 9.45. The minimum Gasteiger partial charge on any atom is -0.352 e. The van der Waals surface area contributed by atoms with Gasteiger partial charge in [-0.2, -0.15) is 0 Å². The molecule has 6 nitrogen and oxygen atoms in total. The molecule has 0 aromatic heterocycles. The molecule has 0 saturated carbocycles. The van der Waals surface area contributed by atoms with Gasteiger partial charge >= 0.3 is 0 Å². The fourth-order valence-electron chi connectivity index (χ4n) is 3.70. The van der Waals surface area contributed by atoms with Crippen LogP contribution in [-0.4, -0.2) is 58.2 Å². The lowest BCUT2D eigenvalue weighted by Gasteiger charge is -2.29. The maximum Gasteiger partial charge on any atom is 0.251 e. The molecule has 2 fully saturated rings. The Morgan fingerprint density at radius 3 is 2.46 bits per heavy atom. The second-order valence-electron chi connectivity index (χ2n) is 7.43. The van der Waals surface area contributed by atoms with Crippen LogP contribution < -0.4 is 9.62 Å². The summed E-state index contributed by atoms with van der Waals surface area (Å²) in [4.78, 5) is 14.6. The van der Waals surface area contributed by atoms with E-state index >= 15 is 0 Å². The zero-order valence-corrected chi connectivity index (χ0v) is 16.3. The summed E-state index contributed by atoms with van der Waals surface area (Å²) in [6, 6.07) is 6.89. The molecule has 2 aliphatic heterocycles. The van der Waals surface area contributed by atoms with Gasteiger partial charge in [0.2, 0.25) is 10.0 Å². The molecule has 1 aromatic rings. The van der Waals surface area contributed by atoms with Crippen LogP contribution in [0, 0.1) is 5.92 Å². The Balaban J connectivity index is 1.51. The molecule has 0 atom stereocenters. The molecular formula is C19H29N3O3S. The molecular weight excluding hydrogens is 350 g/mol. The SMILES string of the molecule is CN1CCC(CCNC(=O)c2ccc(N3CCCCS3(=O)=O)cc2)CC1. The number of nitrogens with one attached hydrogen (secondary N) is 1. The number of sulfonamides is 1. The lowest BCUT2D eigenvalue weighted by molar-refractivity contribution is 0.0949. The van der Waals surface area contributed by atoms with Crippen LogP contribution in [0.25, 0.3) is 0 Å². The van der Waals surface area contributed by atoms with E-state index in [0.29, 0.717) is 30.3 Å². The highest BCUT2D eigenvalue weighted by Crippen LogP contribution is 2.24. The van der Waals surface area contributed by atoms with Crippen molar-refractivity contribution in [3.63, 3.8) is 0 Å². The average Bonchev–Trinajstić information content (AvgIpc) is 2.63. The number of anilines is 1. The number of nitrogens with zero attached hydrogens (tertiary/aromatic N) is 2. The molecule has 3 rings (SSSR count). The standard InChI is InChI=1S/C19H29N3O3S/c1-21-13-9-16(10-14-21)8-11-20-19(23)17-4-6-18(7-5-17)22-12-2-3-15-26(22,24)25/h4-7,16H,2-3,8-15H2,1H3,(H,20,23). The third kappa shape index (κ3) is 4.76. The van der Waals surface area contributed by atoms with Gasteiger partial charge in [-0.25, -0.2) is 8.42 Å². The van der Waals surface area contributed by atoms with Crippen LogP contribution >= 0.6 is 0 Å². The Labute approximate surface area is 156 Å². The number of hydrogen-bond donors (Lipinski definition) is 1. The molecule has 0 radical (unpaired) electrons. The van der Waals surface area contributed by atoms with Crippen molar-refractivity contribution in [1.82, 2.24) is 10.2 Å². The largest absolute Gasteiger partial charge is 0.352 e. The fourth-order valence-corrected chi connectivity index (χ4v) is 5.34. The summed E-state index contributed by atoms with van der Waals surface area (Å²) < 4.78 is 25.8. The Morgan fingerprint density at radius 1 is 1.12 bits per heavy atom. The van der Waals surface area contributed by atoms with E-state index in [0.717, 1.165) is 32.4 Å². The predicted molar refractivity (Wildman–Crippen MR) is 104 cm³/mol. The summed E-state index contributed by atoms with van der Waals surface area (Å²) in [5, 5.41) is 2.99. The van der Waals surface area contributed by atoms with Gasteiger partial charge in [-0.3, -0.25) is 9.10 Å². The van der Waals surface area contributed by atoms with E-state index in [-0.39, 0.29) is 11.7 Å². The number of carbonyl (C=O) groups excluding carboxylic acids is 1. The first-order valence-corrected chi connectivity index (χ1v) is 11.1. The summed E-state index contributed by atoms with van der Waals surface area (Å²) in [6.07, 6.45) is 5.01. The topological polar surface area (TPSA) is 69.7 Å². The van der Waals surface area contributed by atoms with Crippen molar-refractivity contribution in [2.45, 2.75) is 32.1 Å². The van der Waals surface area contributed by atoms with E-state index in [1.807, 2.05) is 0 Å². The maximum absolute atomic E-state index is 12.3. The fraction of sp³-hybridized carbons (Fsp3) is 0.632. The van der Waals surface area contributed by atoms with Gasteiger partial charge < -0.3 is 10.2 Å². The van der Waals surface area contributed by atoms with Gasteiger partial charge in [0.15, 0.2) is 0 Å². The first-order valence-electron chi connectivity index (χ1n) is 9.53. The first kappa shape index (κ1) is 19.2. The molecule has 0 spiro atoms. The predicted octanol–water partition coefficient (Wildman–Crippen LogP) is 2.08. The second kappa shape index (κ2) is 8.39. The number of likely N-dealkylation sites (tertiary alicyclic amines) is 1. The quantitative estimate of drug-likeness (QED) is 0.850. The van der Waals surface area contributed by atoms with Crippen LogP contribution in [0.2, 0.25) is 0 Å². The van der Waals surface area contributed by atoms with Gasteiger partial charge in [0.05, 0.1) is 11.4 Å². The van der Waals surface area contributed by atoms with Crippen LogP contribution in [0.1, 0.15) is 42.5 Å². The number of benzene rings is 1. The molecule has 0 unspecified atom stereocenters. The number of piperidine rings is 1. The van der Waals surface area contributed by atoms with Gasteiger partial charge in [-0.1, -0.05) is 0 Å². The van der Waals surface area contributed by atoms with Crippen molar-refractivity contribution in [2.75, 3.05) is 43.3 Å². The lowest BCUT2D eigenvalue weighted by atomic mass is 9.94. The van der Waals surface area contributed by atoms with Crippen molar-refractivity contribution in [2.24, 2.45) is 5.92 Å². The van der Waals surface area contributed by atoms with E-state index in [4.69, 9.17) is 0 Å². The lowest BCUT2D eigenvalue weighted by Crippen LogP contribution is -2.37. The molecule has 2 aliphatic rings. The third-order valence-electron chi connectivity index (χ3n) is 5.44. The highest BCUT2D eigenvalue weighted by atomic mass is 32.2. The van der Waals surface area contributed by atoms with Gasteiger partial charge in [-0.15, -0.1) is 0 Å². The van der Waals surface area contributed by atoms with E-state index in [1.54, 1.807) is 24.3 Å². The minimum absolute atomic E-state index is 0.0917. The first-order chi connectivity index (χ1) is 12.5. The summed E-state index contributed by atoms with van der Waals surface area (Å²) in [6.45, 7) is 3.49. The van der Waals surface area contributed by atoms with Crippen molar-refractivity contribution in [3.05, 3.63) is 29.8 Å². The monoisotopic (exact) mass is 379 g/mol. The number of amides is 1. The Morgan fingerprint density at radius 2 is 1.81 bits per heavy atom. The normalized spacial score (nSPS) is 21.5. The minimum atomic E-state index is -3.21. The van der Waals surface area contributed by atoms with E-state index in [2.05, 4.69) is 17.3 Å². The molecule has 7 heteroatoms. The highest BCUT2D eigenvalue weighted by molar-refractivity contribution is 7.92. The summed E-state index contributed by atoms with van der Waals surface area (Å²) in [5.74, 6) is 0.802. The molecule has 144 valence electrons. The molecule has 1 aromatic carbocycles. The smallest absolute Gasteiger partial charge is 0.251 e. The van der Waals surface area contributed by atoms with Crippen LogP contribution in [0.4, 0.5) is 5.69 Å². The molecule has 1 N–H and O–H groups in total. The zero-order valence-electron chi connectivity index (χ0n) is 15.5. The van der Waals surface area contributed by atoms with Crippen molar-refractivity contribution >= 4 is 21.6 Å². The zero-order chi connectivity index (χ0) is 18.6. The van der Waals surface area contributed by atoms with E-state index < -0.39 is 10.0 Å². The maximum atomic E-state index is 12.3. The van der Waals surface area contributed by atoms with Crippen LogP contribution in [0.5, 0.6) is 0 Å². The molecule has 0 aliphatic carbocycles. The summed E-state index contributed by atoms with van der Waals surface area (Å²) in [5.41, 5.74) is 1.22. The van der Waals surface area contributed by atoms with Crippen LogP contribution in [0.3, 0.4) is 0 Å². The molecule has 1 amide bonds. The summed E-state index contributed by atoms with van der Waals surface area (Å²) >= 11 is 0. The van der Waals surface area contributed by atoms with Gasteiger partial charge in [0, 0.05) is 18.7 Å². The molecule has 0 bridgehead atoms. The van der Waals surface area contributed by atoms with E-state index in [9.17, 15) is 13.2 Å². The van der Waals surface area contributed by atoms with Crippen molar-refractivity contribution < 1.29 is 13.2 Å². The Kier molecular flexibility index (Phi) is 6.19. The van der Waals surface area contributed by atoms with Gasteiger partial charge in [0.25, 0.3) is 5.91 Å². The van der Waals surface area contributed by atoms with Gasteiger partial charge in [0.1, 0.15) is 0 Å². The van der Waals surface area contributed by atoms with Crippen molar-refractivity contribution in [3.8, 4) is 0 Å². The molecule has 26 heavy (non-hydrogen) atoms. The average molecular weight is 380 g/mol. The Bertz CT molecular complexity index is 710. The molecule has 2 saturated heterocycles.